The number of carbonyl (C=O) groups excluding carboxylic acids is 1. The normalized spacial score (nSPS) is 14.2. The van der Waals surface area contributed by atoms with Crippen LogP contribution < -0.4 is 0 Å². The number of rotatable bonds is 13. The van der Waals surface area contributed by atoms with E-state index in [4.69, 9.17) is 17.7 Å². The molecular weight excluding hydrogens is 384 g/mol. The summed E-state index contributed by atoms with van der Waals surface area (Å²) in [5.41, 5.74) is 0.303. The van der Waals surface area contributed by atoms with E-state index in [9.17, 15) is 9.90 Å². The van der Waals surface area contributed by atoms with Crippen molar-refractivity contribution in [1.29, 1.82) is 0 Å². The quantitative estimate of drug-likeness (QED) is 0.211. The molecule has 9 heteroatoms. The summed E-state index contributed by atoms with van der Waals surface area (Å²) in [5, 5.41) is 9.29. The van der Waals surface area contributed by atoms with Gasteiger partial charge in [0.15, 0.2) is 16.6 Å². The molecule has 0 aliphatic heterocycles. The first-order valence-corrected chi connectivity index (χ1v) is 18.5. The monoisotopic (exact) mass is 422 g/mol. The number of hydrogen-bond donors (Lipinski definition) is 1. The molecule has 1 N–H and O–H groups in total. The third-order valence-corrected chi connectivity index (χ3v) is 12.7. The zero-order valence-electron chi connectivity index (χ0n) is 17.8. The minimum atomic E-state index is -2.25. The Bertz CT molecular complexity index is 440. The van der Waals surface area contributed by atoms with Crippen LogP contribution >= 0.6 is 0 Å². The summed E-state index contributed by atoms with van der Waals surface area (Å²) in [6.07, 6.45) is 0.142. The number of ether oxygens (including phenoxy) is 2. The van der Waals surface area contributed by atoms with Crippen molar-refractivity contribution in [2.24, 2.45) is 0 Å². The van der Waals surface area contributed by atoms with Gasteiger partial charge in [-0.15, -0.1) is 0 Å². The van der Waals surface area contributed by atoms with E-state index in [-0.39, 0.29) is 13.2 Å². The van der Waals surface area contributed by atoms with Crippen LogP contribution in [0, 0.1) is 0 Å². The van der Waals surface area contributed by atoms with Crippen LogP contribution in [0.15, 0.2) is 12.2 Å². The van der Waals surface area contributed by atoms with E-state index >= 15 is 0 Å². The molecular formula is C17H38O6Si3. The molecule has 154 valence electrons. The molecule has 0 spiro atoms. The molecule has 0 aromatic carbocycles. The van der Waals surface area contributed by atoms with Gasteiger partial charge in [-0.2, -0.15) is 0 Å². The second-order valence-electron chi connectivity index (χ2n) is 8.73. The number of aliphatic hydroxyl groups excluding tert-OH is 1. The van der Waals surface area contributed by atoms with Gasteiger partial charge in [0.25, 0.3) is 0 Å². The summed E-state index contributed by atoms with van der Waals surface area (Å²) in [5.74, 6) is -0.514. The Hall–Kier alpha value is -0.299. The predicted molar refractivity (Wildman–Crippen MR) is 113 cm³/mol. The zero-order chi connectivity index (χ0) is 20.6. The van der Waals surface area contributed by atoms with Crippen molar-refractivity contribution < 1.29 is 27.6 Å². The molecule has 6 nitrogen and oxygen atoms in total. The molecule has 0 aromatic rings. The minimum Gasteiger partial charge on any atom is -0.454 e. The molecule has 0 saturated carbocycles. The fraction of sp³-hybridized carbons (Fsp3) is 0.824. The highest BCUT2D eigenvalue weighted by Gasteiger charge is 2.39. The van der Waals surface area contributed by atoms with Crippen molar-refractivity contribution in [3.63, 3.8) is 0 Å². The molecule has 0 aliphatic carbocycles. The number of esters is 1. The first kappa shape index (κ1) is 25.7. The van der Waals surface area contributed by atoms with E-state index in [1.807, 2.05) is 0 Å². The van der Waals surface area contributed by atoms with Crippen molar-refractivity contribution in [1.82, 2.24) is 0 Å². The molecule has 1 atom stereocenters. The SMILES string of the molecule is C=C(C)C(=O)OC(CO)COCCC[Si](C)(O[Si](C)(C)C)O[Si](C)(C)C. The van der Waals surface area contributed by atoms with E-state index in [0.717, 1.165) is 12.5 Å². The van der Waals surface area contributed by atoms with Crippen LogP contribution in [-0.2, 0) is 22.5 Å². The van der Waals surface area contributed by atoms with Crippen LogP contribution in [0.2, 0.25) is 51.9 Å². The Morgan fingerprint density at radius 3 is 1.92 bits per heavy atom. The van der Waals surface area contributed by atoms with Gasteiger partial charge in [-0.05, 0) is 65.2 Å². The largest absolute Gasteiger partial charge is 0.454 e. The number of carbonyl (C=O) groups is 1. The third kappa shape index (κ3) is 13.0. The number of hydrogen-bond acceptors (Lipinski definition) is 6. The van der Waals surface area contributed by atoms with E-state index in [1.165, 1.54) is 0 Å². The first-order chi connectivity index (χ1) is 11.7. The standard InChI is InChI=1S/C17H38O6Si3/c1-15(2)17(19)21-16(13-18)14-20-11-10-12-26(9,22-24(3,4)5)23-25(6,7)8/h16,18H,1,10-14H2,2-9H3. The predicted octanol–water partition coefficient (Wildman–Crippen LogP) is 3.65. The summed E-state index contributed by atoms with van der Waals surface area (Å²) in [4.78, 5) is 11.5. The van der Waals surface area contributed by atoms with Crippen LogP contribution in [0.1, 0.15) is 13.3 Å². The summed E-state index contributed by atoms with van der Waals surface area (Å²) >= 11 is 0. The Morgan fingerprint density at radius 1 is 1.04 bits per heavy atom. The van der Waals surface area contributed by atoms with Gasteiger partial charge < -0.3 is 22.8 Å². The Labute approximate surface area is 162 Å². The molecule has 26 heavy (non-hydrogen) atoms. The van der Waals surface area contributed by atoms with E-state index < -0.39 is 37.3 Å². The van der Waals surface area contributed by atoms with Crippen LogP contribution in [0.5, 0.6) is 0 Å². The molecule has 0 radical (unpaired) electrons. The maximum atomic E-state index is 11.5. The summed E-state index contributed by atoms with van der Waals surface area (Å²) in [6, 6.07) is 0.858. The van der Waals surface area contributed by atoms with Gasteiger partial charge in [0, 0.05) is 12.2 Å². The van der Waals surface area contributed by atoms with E-state index in [2.05, 4.69) is 52.4 Å². The van der Waals surface area contributed by atoms with Gasteiger partial charge >= 0.3 is 14.5 Å². The average molecular weight is 423 g/mol. The van der Waals surface area contributed by atoms with Crippen LogP contribution in [0.4, 0.5) is 0 Å². The Kier molecular flexibility index (Phi) is 10.8. The second kappa shape index (κ2) is 10.9. The van der Waals surface area contributed by atoms with Crippen molar-refractivity contribution in [3.8, 4) is 0 Å². The zero-order valence-corrected chi connectivity index (χ0v) is 20.8. The van der Waals surface area contributed by atoms with Crippen molar-refractivity contribution in [2.75, 3.05) is 19.8 Å². The molecule has 0 aliphatic rings. The molecule has 0 rings (SSSR count). The molecule has 0 heterocycles. The van der Waals surface area contributed by atoms with Gasteiger partial charge in [-0.25, -0.2) is 4.79 Å². The molecule has 0 amide bonds. The highest BCUT2D eigenvalue weighted by atomic mass is 28.5. The smallest absolute Gasteiger partial charge is 0.333 e. The topological polar surface area (TPSA) is 74.2 Å². The summed E-state index contributed by atoms with van der Waals surface area (Å²) < 4.78 is 23.6. The van der Waals surface area contributed by atoms with Gasteiger partial charge in [-0.3, -0.25) is 0 Å². The molecule has 0 fully saturated rings. The molecule has 0 bridgehead atoms. The lowest BCUT2D eigenvalue weighted by Crippen LogP contribution is -2.52. The van der Waals surface area contributed by atoms with Crippen molar-refractivity contribution in [2.45, 2.75) is 71.3 Å². The fourth-order valence-corrected chi connectivity index (χ4v) is 15.0. The second-order valence-corrected chi connectivity index (χ2v) is 21.6. The highest BCUT2D eigenvalue weighted by molar-refractivity contribution is 6.87. The fourth-order valence-electron chi connectivity index (χ4n) is 2.50. The molecule has 0 saturated heterocycles. The number of aliphatic hydroxyl groups is 1. The maximum Gasteiger partial charge on any atom is 0.333 e. The van der Waals surface area contributed by atoms with Gasteiger partial charge in [0.2, 0.25) is 0 Å². The minimum absolute atomic E-state index is 0.164. The van der Waals surface area contributed by atoms with Crippen molar-refractivity contribution >= 4 is 31.2 Å². The van der Waals surface area contributed by atoms with Crippen LogP contribution in [-0.4, -0.2) is 62.2 Å². The third-order valence-electron chi connectivity index (χ3n) is 3.09. The van der Waals surface area contributed by atoms with E-state index in [1.54, 1.807) is 6.92 Å². The highest BCUT2D eigenvalue weighted by Crippen LogP contribution is 2.25. The van der Waals surface area contributed by atoms with Gasteiger partial charge in [0.1, 0.15) is 6.10 Å². The van der Waals surface area contributed by atoms with Crippen LogP contribution in [0.25, 0.3) is 0 Å². The van der Waals surface area contributed by atoms with Crippen molar-refractivity contribution in [3.05, 3.63) is 12.2 Å². The lowest BCUT2D eigenvalue weighted by molar-refractivity contribution is -0.149. The molecule has 1 unspecified atom stereocenters. The Balaban J connectivity index is 4.45. The van der Waals surface area contributed by atoms with E-state index in [0.29, 0.717) is 12.2 Å². The van der Waals surface area contributed by atoms with Gasteiger partial charge in [-0.1, -0.05) is 6.58 Å². The average Bonchev–Trinajstić information content (AvgIpc) is 2.40. The summed E-state index contributed by atoms with van der Waals surface area (Å²) in [6.45, 7) is 20.7. The lowest BCUT2D eigenvalue weighted by atomic mass is 10.3. The first-order valence-electron chi connectivity index (χ1n) is 9.13. The summed E-state index contributed by atoms with van der Waals surface area (Å²) in [7, 11) is -5.64. The Morgan fingerprint density at radius 2 is 1.54 bits per heavy atom. The lowest BCUT2D eigenvalue weighted by Gasteiger charge is -2.38. The maximum absolute atomic E-state index is 11.5. The van der Waals surface area contributed by atoms with Gasteiger partial charge in [0.05, 0.1) is 13.2 Å². The van der Waals surface area contributed by atoms with Crippen LogP contribution in [0.3, 0.4) is 0 Å². The molecule has 0 aromatic heterocycles.